The summed E-state index contributed by atoms with van der Waals surface area (Å²) in [7, 11) is 14.2. The Kier molecular flexibility index (Phi) is 12.1. The van der Waals surface area contributed by atoms with E-state index in [0.29, 0.717) is 0 Å². The van der Waals surface area contributed by atoms with Gasteiger partial charge < -0.3 is 24.2 Å². The molecule has 0 aliphatic heterocycles. The Hall–Kier alpha value is -2.40. The molecule has 2 aromatic carbocycles. The molecule has 0 aliphatic rings. The molecule has 0 aliphatic carbocycles. The van der Waals surface area contributed by atoms with Crippen LogP contribution < -0.4 is 19.3 Å². The van der Waals surface area contributed by atoms with E-state index in [4.69, 9.17) is 9.47 Å². The summed E-state index contributed by atoms with van der Waals surface area (Å²) in [5.41, 5.74) is 5.60. The number of likely N-dealkylation sites (N-methyl/N-ethyl adjacent to an activating group) is 1. The minimum absolute atomic E-state index is 0.242. The van der Waals surface area contributed by atoms with Gasteiger partial charge >= 0.3 is 0 Å². The molecule has 0 fully saturated rings. The maximum Gasteiger partial charge on any atom is 0.124 e. The van der Waals surface area contributed by atoms with Crippen LogP contribution >= 0.6 is 0 Å². The fraction of sp³-hybridized carbons (Fsp3) is 0.613. The first-order valence-electron chi connectivity index (χ1n) is 13.0. The van der Waals surface area contributed by atoms with E-state index in [1.54, 1.807) is 7.11 Å². The van der Waals surface area contributed by atoms with Gasteiger partial charge in [0.15, 0.2) is 0 Å². The smallest absolute Gasteiger partial charge is 0.124 e. The molecule has 0 unspecified atom stereocenters. The summed E-state index contributed by atoms with van der Waals surface area (Å²) >= 11 is 0. The third-order valence-electron chi connectivity index (χ3n) is 5.61. The number of methoxy groups -OCH3 is 1. The van der Waals surface area contributed by atoms with Gasteiger partial charge in [-0.25, -0.2) is 0 Å². The lowest BCUT2D eigenvalue weighted by molar-refractivity contribution is 0.257. The predicted octanol–water partition coefficient (Wildman–Crippen LogP) is 6.63. The highest BCUT2D eigenvalue weighted by atomic mass is 16.5. The van der Waals surface area contributed by atoms with E-state index >= 15 is 0 Å². The van der Waals surface area contributed by atoms with E-state index in [1.165, 1.54) is 22.5 Å². The van der Waals surface area contributed by atoms with Gasteiger partial charge in [-0.15, -0.1) is 0 Å². The second-order valence-electron chi connectivity index (χ2n) is 12.6. The molecule has 0 bridgehead atoms. The summed E-state index contributed by atoms with van der Waals surface area (Å²) in [5.74, 6) is 2.01. The Morgan fingerprint density at radius 1 is 0.639 bits per heavy atom. The minimum atomic E-state index is 0.242. The zero-order valence-corrected chi connectivity index (χ0v) is 25.5. The van der Waals surface area contributed by atoms with E-state index in [2.05, 4.69) is 123 Å². The summed E-state index contributed by atoms with van der Waals surface area (Å²) in [4.78, 5) is 6.45. The lowest BCUT2D eigenvalue weighted by atomic mass is 9.87. The van der Waals surface area contributed by atoms with Gasteiger partial charge in [0.1, 0.15) is 18.1 Å². The Morgan fingerprint density at radius 2 is 1.06 bits per heavy atom. The Labute approximate surface area is 222 Å². The van der Waals surface area contributed by atoms with Crippen LogP contribution in [0.5, 0.6) is 11.5 Å². The van der Waals surface area contributed by atoms with Crippen molar-refractivity contribution in [1.82, 2.24) is 4.90 Å². The molecule has 0 saturated carbocycles. The first-order chi connectivity index (χ1) is 16.6. The van der Waals surface area contributed by atoms with E-state index < -0.39 is 0 Å². The van der Waals surface area contributed by atoms with Crippen molar-refractivity contribution in [3.63, 3.8) is 0 Å². The predicted molar refractivity (Wildman–Crippen MR) is 158 cm³/mol. The van der Waals surface area contributed by atoms with Crippen molar-refractivity contribution in [2.75, 3.05) is 72.3 Å². The van der Waals surface area contributed by atoms with E-state index in [0.717, 1.165) is 37.5 Å². The topological polar surface area (TPSA) is 28.2 Å². The molecule has 0 saturated heterocycles. The lowest BCUT2D eigenvalue weighted by Gasteiger charge is -2.26. The van der Waals surface area contributed by atoms with Gasteiger partial charge in [-0.3, -0.25) is 0 Å². The van der Waals surface area contributed by atoms with Gasteiger partial charge in [0.05, 0.1) is 7.11 Å². The van der Waals surface area contributed by atoms with Gasteiger partial charge in [-0.05, 0) is 62.0 Å². The second kappa shape index (κ2) is 13.8. The van der Waals surface area contributed by atoms with Crippen molar-refractivity contribution in [3.05, 3.63) is 47.5 Å². The quantitative estimate of drug-likeness (QED) is 0.386. The van der Waals surface area contributed by atoms with Crippen LogP contribution in [0.3, 0.4) is 0 Å². The number of benzene rings is 2. The van der Waals surface area contributed by atoms with E-state index in [9.17, 15) is 0 Å². The van der Waals surface area contributed by atoms with Crippen LogP contribution in [-0.2, 0) is 12.8 Å². The normalized spacial score (nSPS) is 11.6. The number of nitrogens with zero attached hydrogens (tertiary/aromatic N) is 3. The standard InChI is InChI=1S/C17H30N2O.C14H23NO/c1-17(2,3)13-14-15(19(6)7)9-8-10-16(14)20-12-11-18(4)5;1-14(2,3)10-11-12(15(4)5)8-7-9-13(11)16-6/h8-10H,11-13H2,1-7H3;7-9H,10H2,1-6H3. The van der Waals surface area contributed by atoms with Crippen LogP contribution in [0.4, 0.5) is 11.4 Å². The molecule has 0 heterocycles. The molecule has 36 heavy (non-hydrogen) atoms. The second-order valence-corrected chi connectivity index (χ2v) is 12.6. The number of anilines is 2. The summed E-state index contributed by atoms with van der Waals surface area (Å²) in [6.45, 7) is 15.2. The van der Waals surface area contributed by atoms with E-state index in [1.807, 2.05) is 12.1 Å². The van der Waals surface area contributed by atoms with Crippen molar-refractivity contribution in [2.24, 2.45) is 10.8 Å². The molecular formula is C31H53N3O2. The molecule has 0 N–H and O–H groups in total. The van der Waals surface area contributed by atoms with Crippen LogP contribution in [-0.4, -0.2) is 67.4 Å². The number of hydrogen-bond donors (Lipinski definition) is 0. The molecule has 0 spiro atoms. The molecule has 204 valence electrons. The zero-order valence-electron chi connectivity index (χ0n) is 25.5. The van der Waals surface area contributed by atoms with Gasteiger partial charge in [-0.2, -0.15) is 0 Å². The average molecular weight is 500 g/mol. The average Bonchev–Trinajstić information content (AvgIpc) is 2.72. The van der Waals surface area contributed by atoms with Crippen LogP contribution in [0.2, 0.25) is 0 Å². The molecule has 5 nitrogen and oxygen atoms in total. The third kappa shape index (κ3) is 11.1. The minimum Gasteiger partial charge on any atom is -0.496 e. The molecule has 2 rings (SSSR count). The maximum absolute atomic E-state index is 6.02. The first kappa shape index (κ1) is 31.6. The zero-order chi connectivity index (χ0) is 27.7. The fourth-order valence-electron chi connectivity index (χ4n) is 4.03. The molecular weight excluding hydrogens is 446 g/mol. The molecule has 2 aromatic rings. The van der Waals surface area contributed by atoms with Crippen LogP contribution in [0.1, 0.15) is 52.7 Å². The van der Waals surface area contributed by atoms with Gasteiger partial charge in [0, 0.05) is 57.2 Å². The van der Waals surface area contributed by atoms with Crippen molar-refractivity contribution in [2.45, 2.75) is 54.4 Å². The highest BCUT2D eigenvalue weighted by molar-refractivity contribution is 5.59. The largest absolute Gasteiger partial charge is 0.496 e. The maximum atomic E-state index is 6.02. The summed E-state index contributed by atoms with van der Waals surface area (Å²) in [6, 6.07) is 12.5. The molecule has 0 amide bonds. The summed E-state index contributed by atoms with van der Waals surface area (Å²) in [6.07, 6.45) is 2.03. The molecule has 0 radical (unpaired) electrons. The van der Waals surface area contributed by atoms with Crippen molar-refractivity contribution in [3.8, 4) is 11.5 Å². The molecule has 5 heteroatoms. The summed E-state index contributed by atoms with van der Waals surface area (Å²) < 4.78 is 11.5. The summed E-state index contributed by atoms with van der Waals surface area (Å²) in [5, 5.41) is 0. The lowest BCUT2D eigenvalue weighted by Crippen LogP contribution is -2.21. The van der Waals surface area contributed by atoms with Gasteiger partial charge in [0.2, 0.25) is 0 Å². The third-order valence-corrected chi connectivity index (χ3v) is 5.61. The van der Waals surface area contributed by atoms with Crippen LogP contribution in [0.25, 0.3) is 0 Å². The van der Waals surface area contributed by atoms with Crippen LogP contribution in [0.15, 0.2) is 36.4 Å². The molecule has 0 aromatic heterocycles. The first-order valence-corrected chi connectivity index (χ1v) is 13.0. The van der Waals surface area contributed by atoms with Crippen molar-refractivity contribution < 1.29 is 9.47 Å². The highest BCUT2D eigenvalue weighted by Gasteiger charge is 2.20. The van der Waals surface area contributed by atoms with Crippen molar-refractivity contribution in [1.29, 1.82) is 0 Å². The highest BCUT2D eigenvalue weighted by Crippen LogP contribution is 2.35. The number of hydrogen-bond acceptors (Lipinski definition) is 5. The fourth-order valence-corrected chi connectivity index (χ4v) is 4.03. The van der Waals surface area contributed by atoms with Crippen LogP contribution in [0, 0.1) is 10.8 Å². The monoisotopic (exact) mass is 499 g/mol. The van der Waals surface area contributed by atoms with Gasteiger partial charge in [0.25, 0.3) is 0 Å². The van der Waals surface area contributed by atoms with E-state index in [-0.39, 0.29) is 10.8 Å². The van der Waals surface area contributed by atoms with Crippen molar-refractivity contribution >= 4 is 11.4 Å². The SMILES string of the molecule is CN(C)CCOc1cccc(N(C)C)c1CC(C)(C)C.COc1cccc(N(C)C)c1CC(C)(C)C. The van der Waals surface area contributed by atoms with Gasteiger partial charge in [-0.1, -0.05) is 53.7 Å². The number of rotatable bonds is 9. The molecule has 0 atom stereocenters. The Balaban J connectivity index is 0.000000369. The Morgan fingerprint density at radius 3 is 1.42 bits per heavy atom. The Bertz CT molecular complexity index is 922. The number of ether oxygens (including phenoxy) is 2.